The van der Waals surface area contributed by atoms with Gasteiger partial charge in [0.05, 0.1) is 18.1 Å². The van der Waals surface area contributed by atoms with Crippen molar-refractivity contribution < 1.29 is 19.4 Å². The maximum absolute atomic E-state index is 12.3. The first-order valence-electron chi connectivity index (χ1n) is 7.11. The summed E-state index contributed by atoms with van der Waals surface area (Å²) in [6, 6.07) is 4.80. The Hall–Kier alpha value is -2.26. The van der Waals surface area contributed by atoms with Crippen LogP contribution in [-0.4, -0.2) is 34.3 Å². The van der Waals surface area contributed by atoms with Gasteiger partial charge in [0.2, 0.25) is 11.8 Å². The molecule has 9 heteroatoms. The number of methoxy groups -OCH3 is 1. The molecule has 2 aliphatic heterocycles. The second kappa shape index (κ2) is 5.38. The average Bonchev–Trinajstić information content (AvgIpc) is 3.05. The van der Waals surface area contributed by atoms with Crippen molar-refractivity contribution in [1.82, 2.24) is 10.3 Å². The van der Waals surface area contributed by atoms with Crippen molar-refractivity contribution in [1.29, 1.82) is 0 Å². The normalized spacial score (nSPS) is 25.1. The highest BCUT2D eigenvalue weighted by atomic mass is 32.2. The number of aromatic nitrogens is 1. The minimum atomic E-state index is -0.601. The third-order valence-corrected chi connectivity index (χ3v) is 6.64. The van der Waals surface area contributed by atoms with Gasteiger partial charge in [-0.15, -0.1) is 0 Å². The van der Waals surface area contributed by atoms with Gasteiger partial charge in [-0.2, -0.15) is 0 Å². The average molecular weight is 364 g/mol. The van der Waals surface area contributed by atoms with Crippen LogP contribution < -0.4 is 14.9 Å². The van der Waals surface area contributed by atoms with Gasteiger partial charge in [-0.05, 0) is 17.7 Å². The number of hydrogen-bond acceptors (Lipinski definition) is 7. The highest BCUT2D eigenvalue weighted by Gasteiger charge is 2.52. The van der Waals surface area contributed by atoms with Crippen molar-refractivity contribution in [3.8, 4) is 11.5 Å². The summed E-state index contributed by atoms with van der Waals surface area (Å²) in [6.45, 7) is 0. The number of phenols is 1. The van der Waals surface area contributed by atoms with E-state index in [4.69, 9.17) is 4.74 Å². The number of thioether (sulfide) groups is 1. The molecule has 1 aromatic carbocycles. The van der Waals surface area contributed by atoms with Gasteiger partial charge in [0.15, 0.2) is 11.5 Å². The van der Waals surface area contributed by atoms with Crippen molar-refractivity contribution in [2.45, 2.75) is 16.2 Å². The molecule has 0 spiro atoms. The lowest BCUT2D eigenvalue weighted by molar-refractivity contribution is -0.125. The number of benzene rings is 1. The number of aromatic amines is 1. The fourth-order valence-electron chi connectivity index (χ4n) is 3.18. The largest absolute Gasteiger partial charge is 0.504 e. The van der Waals surface area contributed by atoms with Gasteiger partial charge in [-0.25, -0.2) is 0 Å². The van der Waals surface area contributed by atoms with E-state index in [0.717, 1.165) is 16.2 Å². The molecule has 1 fully saturated rings. The highest BCUT2D eigenvalue weighted by Crippen LogP contribution is 2.51. The Kier molecular flexibility index (Phi) is 3.43. The van der Waals surface area contributed by atoms with Crippen LogP contribution in [0.15, 0.2) is 28.0 Å². The minimum Gasteiger partial charge on any atom is -0.504 e. The van der Waals surface area contributed by atoms with E-state index in [0.29, 0.717) is 10.6 Å². The first-order chi connectivity index (χ1) is 11.5. The number of H-pyrrole nitrogens is 1. The number of hydrogen-bond donors (Lipinski definition) is 3. The molecule has 0 radical (unpaired) electrons. The number of thiazole rings is 1. The topological polar surface area (TPSA) is 108 Å². The van der Waals surface area contributed by atoms with E-state index in [-0.39, 0.29) is 28.2 Å². The van der Waals surface area contributed by atoms with Gasteiger partial charge < -0.3 is 14.8 Å². The lowest BCUT2D eigenvalue weighted by Crippen LogP contribution is -2.31. The predicted molar refractivity (Wildman–Crippen MR) is 87.7 cm³/mol. The van der Waals surface area contributed by atoms with Crippen LogP contribution in [0.5, 0.6) is 11.5 Å². The van der Waals surface area contributed by atoms with Gasteiger partial charge in [0.1, 0.15) is 5.25 Å². The van der Waals surface area contributed by atoms with Gasteiger partial charge in [-0.1, -0.05) is 29.2 Å². The lowest BCUT2D eigenvalue weighted by atomic mass is 9.83. The third kappa shape index (κ3) is 2.15. The fourth-order valence-corrected chi connectivity index (χ4v) is 5.67. The number of fused-ring (bicyclic) bond motifs is 2. The number of carbonyl (C=O) groups is 2. The predicted octanol–water partition coefficient (Wildman–Crippen LogP) is 1.03. The second-order valence-electron chi connectivity index (χ2n) is 5.53. The molecule has 24 heavy (non-hydrogen) atoms. The van der Waals surface area contributed by atoms with Crippen molar-refractivity contribution >= 4 is 34.9 Å². The van der Waals surface area contributed by atoms with E-state index in [1.165, 1.54) is 24.9 Å². The standard InChI is InChI=1S/C15H12N2O5S2/c1-22-7-4-5(2-3-6(7)18)8-9-10(13(20)16-12(9)19)23-14-11(8)24-15(21)17-14/h2-4,8-10,18H,1H3,(H,17,21)(H,16,19,20). The second-order valence-corrected chi connectivity index (χ2v) is 7.70. The van der Waals surface area contributed by atoms with E-state index < -0.39 is 17.1 Å². The Morgan fingerprint density at radius 2 is 2.00 bits per heavy atom. The SMILES string of the molecule is COc1cc(C2c3sc(=O)[nH]c3SC3C(=O)NC(=O)C32)ccc1O. The number of ether oxygens (including phenoxy) is 1. The molecule has 0 saturated carbocycles. The molecular formula is C15H12N2O5S2. The summed E-state index contributed by atoms with van der Waals surface area (Å²) in [5, 5.41) is 12.2. The van der Waals surface area contributed by atoms with Crippen LogP contribution in [-0.2, 0) is 9.59 Å². The maximum atomic E-state index is 12.3. The molecule has 3 heterocycles. The number of rotatable bonds is 2. The zero-order valence-electron chi connectivity index (χ0n) is 12.4. The summed E-state index contributed by atoms with van der Waals surface area (Å²) >= 11 is 2.25. The molecule has 3 unspecified atom stereocenters. The molecule has 1 aromatic heterocycles. The number of nitrogens with one attached hydrogen (secondary N) is 2. The Morgan fingerprint density at radius 3 is 2.75 bits per heavy atom. The first kappa shape index (κ1) is 15.3. The smallest absolute Gasteiger partial charge is 0.305 e. The quantitative estimate of drug-likeness (QED) is 0.687. The number of carbonyl (C=O) groups excluding carboxylic acids is 2. The number of phenolic OH excluding ortho intramolecular Hbond substituents is 1. The van der Waals surface area contributed by atoms with E-state index in [9.17, 15) is 19.5 Å². The summed E-state index contributed by atoms with van der Waals surface area (Å²) in [7, 11) is 1.43. The Balaban J connectivity index is 1.91. The van der Waals surface area contributed by atoms with Crippen molar-refractivity contribution in [2.24, 2.45) is 5.92 Å². The molecule has 2 aromatic rings. The number of imide groups is 1. The van der Waals surface area contributed by atoms with Crippen molar-refractivity contribution in [3.05, 3.63) is 38.3 Å². The van der Waals surface area contributed by atoms with Crippen LogP contribution in [0.3, 0.4) is 0 Å². The van der Waals surface area contributed by atoms with Gasteiger partial charge in [-0.3, -0.25) is 19.7 Å². The zero-order valence-corrected chi connectivity index (χ0v) is 14.0. The van der Waals surface area contributed by atoms with Crippen molar-refractivity contribution in [2.75, 3.05) is 7.11 Å². The highest BCUT2D eigenvalue weighted by molar-refractivity contribution is 8.00. The van der Waals surface area contributed by atoms with Gasteiger partial charge in [0.25, 0.3) is 0 Å². The number of amides is 2. The van der Waals surface area contributed by atoms with Crippen LogP contribution >= 0.6 is 23.1 Å². The fraction of sp³-hybridized carbons (Fsp3) is 0.267. The molecule has 0 aliphatic carbocycles. The summed E-state index contributed by atoms with van der Waals surface area (Å²) in [4.78, 5) is 39.4. The molecule has 2 amide bonds. The monoisotopic (exact) mass is 364 g/mol. The van der Waals surface area contributed by atoms with Crippen LogP contribution in [0, 0.1) is 5.92 Å². The minimum absolute atomic E-state index is 0.0163. The Labute approximate surface area is 144 Å². The molecule has 3 atom stereocenters. The third-order valence-electron chi connectivity index (χ3n) is 4.23. The Bertz CT molecular complexity index is 919. The summed E-state index contributed by atoms with van der Waals surface area (Å²) in [5.74, 6) is -1.48. The zero-order chi connectivity index (χ0) is 17.0. The summed E-state index contributed by atoms with van der Waals surface area (Å²) < 4.78 is 5.14. The van der Waals surface area contributed by atoms with Crippen LogP contribution in [0.1, 0.15) is 16.4 Å². The van der Waals surface area contributed by atoms with Gasteiger partial charge in [0, 0.05) is 10.8 Å². The molecule has 0 bridgehead atoms. The van der Waals surface area contributed by atoms with Crippen LogP contribution in [0.2, 0.25) is 0 Å². The molecule has 1 saturated heterocycles. The molecule has 3 N–H and O–H groups in total. The lowest BCUT2D eigenvalue weighted by Gasteiger charge is -2.30. The van der Waals surface area contributed by atoms with E-state index >= 15 is 0 Å². The van der Waals surface area contributed by atoms with E-state index in [1.807, 2.05) is 0 Å². The Morgan fingerprint density at radius 1 is 1.21 bits per heavy atom. The first-order valence-corrected chi connectivity index (χ1v) is 8.80. The van der Waals surface area contributed by atoms with E-state index in [1.54, 1.807) is 12.1 Å². The molecule has 124 valence electrons. The number of aromatic hydroxyl groups is 1. The maximum Gasteiger partial charge on any atom is 0.305 e. The van der Waals surface area contributed by atoms with E-state index in [2.05, 4.69) is 10.3 Å². The summed E-state index contributed by atoms with van der Waals surface area (Å²) in [6.07, 6.45) is 0. The summed E-state index contributed by atoms with van der Waals surface area (Å²) in [5.41, 5.74) is 0.710. The van der Waals surface area contributed by atoms with Crippen LogP contribution in [0.25, 0.3) is 0 Å². The van der Waals surface area contributed by atoms with Crippen LogP contribution in [0.4, 0.5) is 0 Å². The molecular weight excluding hydrogens is 352 g/mol. The van der Waals surface area contributed by atoms with Crippen molar-refractivity contribution in [3.63, 3.8) is 0 Å². The van der Waals surface area contributed by atoms with Gasteiger partial charge >= 0.3 is 4.87 Å². The molecule has 4 rings (SSSR count). The molecule has 7 nitrogen and oxygen atoms in total. The molecule has 2 aliphatic rings.